The van der Waals surface area contributed by atoms with Gasteiger partial charge in [-0.1, -0.05) is 43.7 Å². The third kappa shape index (κ3) is 4.84. The standard InChI is InChI=1S/C19H30N2O/c1-14(2)16(4)20-19(22)18-9-11-21(12-10-18)13-17-7-5-15(3)6-8-17/h5-8,14,16,18H,9-13H2,1-4H3,(H,20,22). The molecule has 0 aliphatic carbocycles. The lowest BCUT2D eigenvalue weighted by molar-refractivity contribution is -0.127. The van der Waals surface area contributed by atoms with Crippen LogP contribution in [0.25, 0.3) is 0 Å². The maximum Gasteiger partial charge on any atom is 0.223 e. The highest BCUT2D eigenvalue weighted by atomic mass is 16.1. The smallest absolute Gasteiger partial charge is 0.223 e. The van der Waals surface area contributed by atoms with Crippen molar-refractivity contribution < 1.29 is 4.79 Å². The van der Waals surface area contributed by atoms with Crippen LogP contribution in [0.1, 0.15) is 44.7 Å². The molecular weight excluding hydrogens is 272 g/mol. The first-order valence-corrected chi connectivity index (χ1v) is 8.54. The number of nitrogens with one attached hydrogen (secondary N) is 1. The van der Waals surface area contributed by atoms with Crippen molar-refractivity contribution in [2.45, 2.75) is 53.1 Å². The van der Waals surface area contributed by atoms with E-state index in [1.54, 1.807) is 0 Å². The zero-order valence-corrected chi connectivity index (χ0v) is 14.4. The number of amides is 1. The zero-order valence-electron chi connectivity index (χ0n) is 14.4. The van der Waals surface area contributed by atoms with E-state index in [0.29, 0.717) is 5.92 Å². The van der Waals surface area contributed by atoms with Gasteiger partial charge in [-0.15, -0.1) is 0 Å². The van der Waals surface area contributed by atoms with E-state index in [9.17, 15) is 4.79 Å². The van der Waals surface area contributed by atoms with Crippen molar-refractivity contribution in [1.82, 2.24) is 10.2 Å². The van der Waals surface area contributed by atoms with Gasteiger partial charge in [-0.05, 0) is 51.3 Å². The van der Waals surface area contributed by atoms with Gasteiger partial charge in [0.1, 0.15) is 0 Å². The van der Waals surface area contributed by atoms with Gasteiger partial charge in [0, 0.05) is 18.5 Å². The summed E-state index contributed by atoms with van der Waals surface area (Å²) in [5.41, 5.74) is 2.67. The number of likely N-dealkylation sites (tertiary alicyclic amines) is 1. The number of hydrogen-bond acceptors (Lipinski definition) is 2. The van der Waals surface area contributed by atoms with Crippen LogP contribution in [0.4, 0.5) is 0 Å². The minimum absolute atomic E-state index is 0.190. The SMILES string of the molecule is Cc1ccc(CN2CCC(C(=O)NC(C)C(C)C)CC2)cc1. The van der Waals surface area contributed by atoms with Crippen LogP contribution < -0.4 is 5.32 Å². The summed E-state index contributed by atoms with van der Waals surface area (Å²) in [5, 5.41) is 3.16. The van der Waals surface area contributed by atoms with E-state index in [-0.39, 0.29) is 17.9 Å². The molecule has 1 aromatic rings. The average molecular weight is 302 g/mol. The molecule has 3 nitrogen and oxygen atoms in total. The second kappa shape index (κ2) is 7.77. The van der Waals surface area contributed by atoms with Gasteiger partial charge in [-0.2, -0.15) is 0 Å². The van der Waals surface area contributed by atoms with Crippen LogP contribution in [0.15, 0.2) is 24.3 Å². The van der Waals surface area contributed by atoms with Crippen LogP contribution in [-0.4, -0.2) is 29.9 Å². The van der Waals surface area contributed by atoms with E-state index < -0.39 is 0 Å². The van der Waals surface area contributed by atoms with Crippen molar-refractivity contribution in [2.75, 3.05) is 13.1 Å². The molecule has 22 heavy (non-hydrogen) atoms. The fourth-order valence-electron chi connectivity index (χ4n) is 2.81. The van der Waals surface area contributed by atoms with E-state index in [1.807, 2.05) is 0 Å². The fourth-order valence-corrected chi connectivity index (χ4v) is 2.81. The molecule has 1 N–H and O–H groups in total. The molecule has 2 rings (SSSR count). The fraction of sp³-hybridized carbons (Fsp3) is 0.632. The Kier molecular flexibility index (Phi) is 6.01. The first kappa shape index (κ1) is 17.0. The largest absolute Gasteiger partial charge is 0.353 e. The molecule has 0 radical (unpaired) electrons. The number of aryl methyl sites for hydroxylation is 1. The van der Waals surface area contributed by atoms with E-state index in [0.717, 1.165) is 32.5 Å². The molecule has 1 unspecified atom stereocenters. The van der Waals surface area contributed by atoms with Crippen molar-refractivity contribution in [3.63, 3.8) is 0 Å². The summed E-state index contributed by atoms with van der Waals surface area (Å²) in [6.45, 7) is 11.5. The number of carbonyl (C=O) groups excluding carboxylic acids is 1. The highest BCUT2D eigenvalue weighted by Gasteiger charge is 2.26. The van der Waals surface area contributed by atoms with Crippen LogP contribution in [0.3, 0.4) is 0 Å². The third-order valence-electron chi connectivity index (χ3n) is 4.86. The van der Waals surface area contributed by atoms with Gasteiger partial charge < -0.3 is 5.32 Å². The number of carbonyl (C=O) groups is 1. The topological polar surface area (TPSA) is 32.3 Å². The van der Waals surface area contributed by atoms with Crippen LogP contribution >= 0.6 is 0 Å². The van der Waals surface area contributed by atoms with Crippen LogP contribution in [0.2, 0.25) is 0 Å². The number of benzene rings is 1. The number of nitrogens with zero attached hydrogens (tertiary/aromatic N) is 1. The Balaban J connectivity index is 1.77. The monoisotopic (exact) mass is 302 g/mol. The maximum absolute atomic E-state index is 12.3. The summed E-state index contributed by atoms with van der Waals surface area (Å²) in [6, 6.07) is 9.01. The van der Waals surface area contributed by atoms with Crippen LogP contribution in [0.5, 0.6) is 0 Å². The molecule has 1 fully saturated rings. The van der Waals surface area contributed by atoms with Gasteiger partial charge in [0.2, 0.25) is 5.91 Å². The Labute approximate surface area is 135 Å². The van der Waals surface area contributed by atoms with Gasteiger partial charge in [-0.25, -0.2) is 0 Å². The molecule has 0 saturated carbocycles. The van der Waals surface area contributed by atoms with Crippen molar-refractivity contribution >= 4 is 5.91 Å². The summed E-state index contributed by atoms with van der Waals surface area (Å²) < 4.78 is 0. The minimum atomic E-state index is 0.190. The summed E-state index contributed by atoms with van der Waals surface area (Å²) in [4.78, 5) is 14.7. The second-order valence-corrected chi connectivity index (χ2v) is 7.08. The summed E-state index contributed by atoms with van der Waals surface area (Å²) in [5.74, 6) is 0.928. The second-order valence-electron chi connectivity index (χ2n) is 7.08. The molecule has 1 atom stereocenters. The average Bonchev–Trinajstić information content (AvgIpc) is 2.50. The normalized spacial score (nSPS) is 18.4. The summed E-state index contributed by atoms with van der Waals surface area (Å²) in [7, 11) is 0. The molecule has 3 heteroatoms. The Morgan fingerprint density at radius 2 is 1.77 bits per heavy atom. The molecule has 1 aliphatic heterocycles. The van der Waals surface area contributed by atoms with E-state index in [1.165, 1.54) is 11.1 Å². The summed E-state index contributed by atoms with van der Waals surface area (Å²) >= 11 is 0. The molecule has 1 saturated heterocycles. The molecule has 0 aromatic heterocycles. The Hall–Kier alpha value is -1.35. The van der Waals surface area contributed by atoms with Crippen molar-refractivity contribution in [3.05, 3.63) is 35.4 Å². The van der Waals surface area contributed by atoms with Crippen molar-refractivity contribution in [3.8, 4) is 0 Å². The number of piperidine rings is 1. The molecule has 1 heterocycles. The van der Waals surface area contributed by atoms with Gasteiger partial charge in [0.25, 0.3) is 0 Å². The predicted octanol–water partition coefficient (Wildman–Crippen LogP) is 3.37. The molecular formula is C19H30N2O. The molecule has 122 valence electrons. The predicted molar refractivity (Wildman–Crippen MR) is 91.6 cm³/mol. The van der Waals surface area contributed by atoms with E-state index in [2.05, 4.69) is 62.2 Å². The molecule has 1 amide bonds. The highest BCUT2D eigenvalue weighted by Crippen LogP contribution is 2.20. The Morgan fingerprint density at radius 3 is 2.32 bits per heavy atom. The zero-order chi connectivity index (χ0) is 16.1. The quantitative estimate of drug-likeness (QED) is 0.904. The maximum atomic E-state index is 12.3. The van der Waals surface area contributed by atoms with Gasteiger partial charge in [0.05, 0.1) is 0 Å². The number of hydrogen-bond donors (Lipinski definition) is 1. The van der Waals surface area contributed by atoms with Crippen molar-refractivity contribution in [1.29, 1.82) is 0 Å². The lowest BCUT2D eigenvalue weighted by Gasteiger charge is -2.32. The first-order chi connectivity index (χ1) is 10.5. The van der Waals surface area contributed by atoms with Crippen LogP contribution in [0, 0.1) is 18.8 Å². The van der Waals surface area contributed by atoms with Gasteiger partial charge >= 0.3 is 0 Å². The highest BCUT2D eigenvalue weighted by molar-refractivity contribution is 5.79. The summed E-state index contributed by atoms with van der Waals surface area (Å²) in [6.07, 6.45) is 1.95. The lowest BCUT2D eigenvalue weighted by Crippen LogP contribution is -2.44. The van der Waals surface area contributed by atoms with Gasteiger partial charge in [0.15, 0.2) is 0 Å². The van der Waals surface area contributed by atoms with Gasteiger partial charge in [-0.3, -0.25) is 9.69 Å². The van der Waals surface area contributed by atoms with E-state index in [4.69, 9.17) is 0 Å². The Morgan fingerprint density at radius 1 is 1.18 bits per heavy atom. The van der Waals surface area contributed by atoms with Crippen LogP contribution in [-0.2, 0) is 11.3 Å². The third-order valence-corrected chi connectivity index (χ3v) is 4.86. The first-order valence-electron chi connectivity index (χ1n) is 8.54. The van der Waals surface area contributed by atoms with Crippen molar-refractivity contribution in [2.24, 2.45) is 11.8 Å². The Bertz CT molecular complexity index is 473. The molecule has 1 aliphatic rings. The lowest BCUT2D eigenvalue weighted by atomic mass is 9.94. The molecule has 0 bridgehead atoms. The molecule has 0 spiro atoms. The molecule has 1 aromatic carbocycles. The van der Waals surface area contributed by atoms with E-state index >= 15 is 0 Å². The minimum Gasteiger partial charge on any atom is -0.353 e. The number of rotatable bonds is 5.